The number of nitrogens with zero attached hydrogens (tertiary/aromatic N) is 2. The first-order chi connectivity index (χ1) is 12.8. The number of hydrogen-bond donors (Lipinski definition) is 2. The predicted octanol–water partition coefficient (Wildman–Crippen LogP) is 0.474. The van der Waals surface area contributed by atoms with Crippen molar-refractivity contribution in [1.82, 2.24) is 14.6 Å². The van der Waals surface area contributed by atoms with Crippen LogP contribution in [0.2, 0.25) is 0 Å². The molecule has 0 aliphatic heterocycles. The first-order valence-electron chi connectivity index (χ1n) is 8.81. The van der Waals surface area contributed by atoms with Crippen molar-refractivity contribution >= 4 is 22.0 Å². The van der Waals surface area contributed by atoms with Gasteiger partial charge in [-0.3, -0.25) is 9.69 Å². The largest absolute Gasteiger partial charge is 0.480 e. The van der Waals surface area contributed by atoms with Crippen LogP contribution in [0.25, 0.3) is 0 Å². The minimum atomic E-state index is -3.75. The van der Waals surface area contributed by atoms with Gasteiger partial charge >= 0.3 is 11.9 Å². The fourth-order valence-corrected chi connectivity index (χ4v) is 4.39. The number of carboxylic acids is 1. The van der Waals surface area contributed by atoms with E-state index in [2.05, 4.69) is 14.4 Å². The van der Waals surface area contributed by atoms with Crippen molar-refractivity contribution in [2.75, 3.05) is 20.2 Å². The molecular formula is C17H23N3O6S. The number of nitrogens with one attached hydrogen (secondary N) is 1. The summed E-state index contributed by atoms with van der Waals surface area (Å²) < 4.78 is 32.1. The van der Waals surface area contributed by atoms with Crippen LogP contribution >= 0.6 is 0 Å². The molecule has 0 bridgehead atoms. The molecule has 10 heteroatoms. The van der Waals surface area contributed by atoms with Gasteiger partial charge in [-0.05, 0) is 43.7 Å². The molecular weight excluding hydrogens is 374 g/mol. The maximum atomic E-state index is 12.5. The second-order valence-corrected chi connectivity index (χ2v) is 8.79. The van der Waals surface area contributed by atoms with Crippen molar-refractivity contribution in [2.45, 2.75) is 42.7 Å². The highest BCUT2D eigenvalue weighted by molar-refractivity contribution is 7.89. The maximum Gasteiger partial charge on any atom is 0.356 e. The van der Waals surface area contributed by atoms with E-state index in [1.54, 1.807) is 0 Å². The summed E-state index contributed by atoms with van der Waals surface area (Å²) in [7, 11) is -2.53. The summed E-state index contributed by atoms with van der Waals surface area (Å²) >= 11 is 0. The number of aromatic nitrogens is 1. The van der Waals surface area contributed by atoms with Gasteiger partial charge in [0.05, 0.1) is 13.7 Å². The molecule has 0 atom stereocenters. The summed E-state index contributed by atoms with van der Waals surface area (Å²) in [6, 6.07) is 2.44. The van der Waals surface area contributed by atoms with E-state index in [1.165, 1.54) is 19.2 Å². The zero-order valence-electron chi connectivity index (χ0n) is 15.0. The van der Waals surface area contributed by atoms with Crippen LogP contribution in [0.15, 0.2) is 23.2 Å². The Kier molecular flexibility index (Phi) is 5.78. The number of carboxylic acid groups (broad SMARTS) is 1. The minimum absolute atomic E-state index is 0.0143. The Hall–Kier alpha value is -2.04. The zero-order chi connectivity index (χ0) is 19.6. The van der Waals surface area contributed by atoms with Crippen molar-refractivity contribution in [3.05, 3.63) is 24.0 Å². The van der Waals surface area contributed by atoms with Crippen molar-refractivity contribution in [1.29, 1.82) is 0 Å². The third-order valence-corrected chi connectivity index (χ3v) is 6.43. The number of carbonyl (C=O) groups is 2. The first kappa shape index (κ1) is 19.7. The summed E-state index contributed by atoms with van der Waals surface area (Å²) in [5, 5.41) is 9.07. The number of hydrogen-bond acceptors (Lipinski definition) is 7. The predicted molar refractivity (Wildman–Crippen MR) is 94.6 cm³/mol. The van der Waals surface area contributed by atoms with Crippen molar-refractivity contribution < 1.29 is 27.9 Å². The summed E-state index contributed by atoms with van der Waals surface area (Å²) in [6.45, 7) is 0.745. The Morgan fingerprint density at radius 1 is 1.33 bits per heavy atom. The van der Waals surface area contributed by atoms with Gasteiger partial charge in [0.15, 0.2) is 0 Å². The Bertz CT molecular complexity index is 800. The van der Waals surface area contributed by atoms with Crippen LogP contribution in [-0.2, 0) is 19.6 Å². The number of aliphatic carboxylic acids is 1. The lowest BCUT2D eigenvalue weighted by atomic mass is 9.86. The monoisotopic (exact) mass is 397 g/mol. The van der Waals surface area contributed by atoms with Crippen LogP contribution in [0.5, 0.6) is 0 Å². The maximum absolute atomic E-state index is 12.5. The number of rotatable bonds is 9. The fourth-order valence-electron chi connectivity index (χ4n) is 3.18. The van der Waals surface area contributed by atoms with Gasteiger partial charge in [0.2, 0.25) is 10.0 Å². The van der Waals surface area contributed by atoms with E-state index in [4.69, 9.17) is 5.11 Å². The quantitative estimate of drug-likeness (QED) is 0.576. The highest BCUT2D eigenvalue weighted by atomic mass is 32.2. The molecule has 148 valence electrons. The number of ether oxygens (including phenoxy) is 1. The molecule has 0 spiro atoms. The van der Waals surface area contributed by atoms with Crippen LogP contribution in [0.3, 0.4) is 0 Å². The molecule has 1 heterocycles. The third-order valence-electron chi connectivity index (χ3n) is 4.92. The van der Waals surface area contributed by atoms with Gasteiger partial charge in [0.25, 0.3) is 0 Å². The Labute approximate surface area is 157 Å². The van der Waals surface area contributed by atoms with Gasteiger partial charge in [0.1, 0.15) is 10.6 Å². The lowest BCUT2D eigenvalue weighted by Crippen LogP contribution is -2.55. The lowest BCUT2D eigenvalue weighted by molar-refractivity contribution is -0.139. The Morgan fingerprint density at radius 3 is 2.56 bits per heavy atom. The fraction of sp³-hybridized carbons (Fsp3) is 0.588. The summed E-state index contributed by atoms with van der Waals surface area (Å²) in [4.78, 5) is 28.2. The number of esters is 1. The smallest absolute Gasteiger partial charge is 0.356 e. The third kappa shape index (κ3) is 5.02. The highest BCUT2D eigenvalue weighted by Crippen LogP contribution is 2.34. The molecule has 0 aromatic carbocycles. The molecule has 0 amide bonds. The molecule has 0 unspecified atom stereocenters. The number of carbonyl (C=O) groups excluding carboxylic acids is 1. The molecule has 0 saturated heterocycles. The lowest BCUT2D eigenvalue weighted by Gasteiger charge is -2.42. The molecule has 2 aliphatic rings. The van der Waals surface area contributed by atoms with E-state index in [0.29, 0.717) is 18.8 Å². The Morgan fingerprint density at radius 2 is 2.04 bits per heavy atom. The van der Waals surface area contributed by atoms with Crippen LogP contribution in [0.1, 0.15) is 36.2 Å². The van der Waals surface area contributed by atoms with Crippen molar-refractivity contribution in [3.8, 4) is 0 Å². The second-order valence-electron chi connectivity index (χ2n) is 7.08. The molecule has 2 saturated carbocycles. The van der Waals surface area contributed by atoms with Gasteiger partial charge in [-0.15, -0.1) is 0 Å². The highest BCUT2D eigenvalue weighted by Gasteiger charge is 2.38. The van der Waals surface area contributed by atoms with E-state index in [9.17, 15) is 18.0 Å². The normalized spacial score (nSPS) is 22.3. The summed E-state index contributed by atoms with van der Waals surface area (Å²) in [6.07, 6.45) is 4.54. The molecule has 2 fully saturated rings. The molecule has 0 radical (unpaired) electrons. The van der Waals surface area contributed by atoms with E-state index in [-0.39, 0.29) is 29.2 Å². The van der Waals surface area contributed by atoms with Gasteiger partial charge in [-0.2, -0.15) is 0 Å². The standard InChI is InChI=1S/C17H23N3O6S/c1-26-17(23)15-5-4-14(8-18-15)27(24,25)19-12-6-13(7-12)20(10-16(21)22)9-11-2-3-11/h4-5,8,11-13,19H,2-3,6-7,9-10H2,1H3,(H,21,22). The number of pyridine rings is 1. The van der Waals surface area contributed by atoms with E-state index >= 15 is 0 Å². The Balaban J connectivity index is 1.56. The summed E-state index contributed by atoms with van der Waals surface area (Å²) in [5.74, 6) is -0.932. The van der Waals surface area contributed by atoms with Gasteiger partial charge < -0.3 is 9.84 Å². The van der Waals surface area contributed by atoms with Gasteiger partial charge in [0, 0.05) is 24.8 Å². The molecule has 1 aromatic rings. The average molecular weight is 397 g/mol. The van der Waals surface area contributed by atoms with E-state index in [1.807, 2.05) is 4.90 Å². The first-order valence-corrected chi connectivity index (χ1v) is 10.3. The van der Waals surface area contributed by atoms with Crippen molar-refractivity contribution in [3.63, 3.8) is 0 Å². The molecule has 1 aromatic heterocycles. The molecule has 27 heavy (non-hydrogen) atoms. The van der Waals surface area contributed by atoms with Crippen LogP contribution in [0, 0.1) is 5.92 Å². The molecule has 2 aliphatic carbocycles. The van der Waals surface area contributed by atoms with Crippen LogP contribution in [-0.4, -0.2) is 67.6 Å². The average Bonchev–Trinajstić information content (AvgIpc) is 3.40. The van der Waals surface area contributed by atoms with Crippen LogP contribution < -0.4 is 4.72 Å². The second kappa shape index (κ2) is 7.91. The molecule has 3 rings (SSSR count). The zero-order valence-corrected chi connectivity index (χ0v) is 15.8. The van der Waals surface area contributed by atoms with Gasteiger partial charge in [-0.25, -0.2) is 22.9 Å². The minimum Gasteiger partial charge on any atom is -0.480 e. The van der Waals surface area contributed by atoms with Crippen molar-refractivity contribution in [2.24, 2.45) is 5.92 Å². The molecule has 9 nitrogen and oxygen atoms in total. The molecule has 2 N–H and O–H groups in total. The number of methoxy groups -OCH3 is 1. The van der Waals surface area contributed by atoms with E-state index < -0.39 is 22.0 Å². The van der Waals surface area contributed by atoms with E-state index in [0.717, 1.165) is 25.6 Å². The topological polar surface area (TPSA) is 126 Å². The van der Waals surface area contributed by atoms with Gasteiger partial charge in [-0.1, -0.05) is 0 Å². The summed E-state index contributed by atoms with van der Waals surface area (Å²) in [5.41, 5.74) is 0.0320. The SMILES string of the molecule is COC(=O)c1ccc(S(=O)(=O)NC2CC(N(CC(=O)O)CC3CC3)C2)cn1. The number of sulfonamides is 1. The van der Waals surface area contributed by atoms with Crippen LogP contribution in [0.4, 0.5) is 0 Å².